The molecule has 0 amide bonds. The number of ether oxygens (including phenoxy) is 1. The molecule has 19 heavy (non-hydrogen) atoms. The summed E-state index contributed by atoms with van der Waals surface area (Å²) in [5, 5.41) is 12.1. The number of carbonyl (C=O) groups is 1. The fourth-order valence-electron chi connectivity index (χ4n) is 1.94. The van der Waals surface area contributed by atoms with Gasteiger partial charge in [0.15, 0.2) is 0 Å². The van der Waals surface area contributed by atoms with Gasteiger partial charge in [-0.3, -0.25) is 4.79 Å². The average molecular weight is 265 g/mol. The third-order valence-electron chi connectivity index (χ3n) is 2.81. The summed E-state index contributed by atoms with van der Waals surface area (Å²) in [5.41, 5.74) is 2.29. The predicted molar refractivity (Wildman–Crippen MR) is 75.7 cm³/mol. The topological polar surface area (TPSA) is 58.6 Å². The van der Waals surface area contributed by atoms with Gasteiger partial charge >= 0.3 is 5.97 Å². The Morgan fingerprint density at radius 2 is 1.95 bits per heavy atom. The molecule has 0 heterocycles. The molecule has 1 atom stereocenters. The van der Waals surface area contributed by atoms with Crippen LogP contribution in [-0.4, -0.2) is 30.3 Å². The molecule has 1 unspecified atom stereocenters. The van der Waals surface area contributed by atoms with Crippen LogP contribution in [0.5, 0.6) is 5.75 Å². The number of aliphatic carboxylic acids is 1. The Morgan fingerprint density at radius 3 is 2.47 bits per heavy atom. The first-order valence-corrected chi connectivity index (χ1v) is 6.70. The first-order chi connectivity index (χ1) is 9.02. The molecule has 0 saturated heterocycles. The summed E-state index contributed by atoms with van der Waals surface area (Å²) in [6.45, 7) is 7.15. The number of hydrogen-bond acceptors (Lipinski definition) is 3. The molecule has 2 N–H and O–H groups in total. The largest absolute Gasteiger partial charge is 0.494 e. The highest BCUT2D eigenvalue weighted by atomic mass is 16.5. The molecule has 0 aliphatic rings. The summed E-state index contributed by atoms with van der Waals surface area (Å²) in [6, 6.07) is 5.46. The second kappa shape index (κ2) is 7.79. The summed E-state index contributed by atoms with van der Waals surface area (Å²) in [6.07, 6.45) is 1.38. The lowest BCUT2D eigenvalue weighted by Crippen LogP contribution is -2.38. The van der Waals surface area contributed by atoms with Gasteiger partial charge in [0.25, 0.3) is 0 Å². The van der Waals surface area contributed by atoms with Crippen LogP contribution in [0.1, 0.15) is 30.9 Å². The van der Waals surface area contributed by atoms with Gasteiger partial charge in [-0.15, -0.1) is 0 Å². The molecule has 0 spiro atoms. The molecule has 0 saturated carbocycles. The Kier molecular flexibility index (Phi) is 6.36. The van der Waals surface area contributed by atoms with E-state index in [9.17, 15) is 4.79 Å². The molecule has 4 nitrogen and oxygen atoms in total. The van der Waals surface area contributed by atoms with Crippen molar-refractivity contribution >= 4 is 5.97 Å². The number of aryl methyl sites for hydroxylation is 2. The van der Waals surface area contributed by atoms with Crippen molar-refractivity contribution in [2.75, 3.05) is 13.2 Å². The number of hydrogen-bond donors (Lipinski definition) is 2. The third-order valence-corrected chi connectivity index (χ3v) is 2.81. The van der Waals surface area contributed by atoms with Crippen LogP contribution in [-0.2, 0) is 4.79 Å². The van der Waals surface area contributed by atoms with Gasteiger partial charge in [-0.1, -0.05) is 13.0 Å². The second-order valence-corrected chi connectivity index (χ2v) is 4.81. The van der Waals surface area contributed by atoms with Crippen molar-refractivity contribution in [1.82, 2.24) is 5.32 Å². The highest BCUT2D eigenvalue weighted by Gasteiger charge is 2.15. The molecule has 106 valence electrons. The van der Waals surface area contributed by atoms with Gasteiger partial charge in [0.05, 0.1) is 6.61 Å². The van der Waals surface area contributed by atoms with E-state index in [1.807, 2.05) is 32.9 Å². The Hall–Kier alpha value is -1.55. The molecule has 0 aliphatic heterocycles. The van der Waals surface area contributed by atoms with Gasteiger partial charge < -0.3 is 15.2 Å². The monoisotopic (exact) mass is 265 g/mol. The Morgan fingerprint density at radius 1 is 1.32 bits per heavy atom. The van der Waals surface area contributed by atoms with Crippen LogP contribution in [0, 0.1) is 13.8 Å². The van der Waals surface area contributed by atoms with E-state index in [2.05, 4.69) is 11.4 Å². The van der Waals surface area contributed by atoms with Crippen molar-refractivity contribution in [2.24, 2.45) is 0 Å². The van der Waals surface area contributed by atoms with Crippen LogP contribution in [0.3, 0.4) is 0 Å². The minimum absolute atomic E-state index is 0.399. The van der Waals surface area contributed by atoms with Gasteiger partial charge in [-0.25, -0.2) is 0 Å². The minimum atomic E-state index is -0.822. The van der Waals surface area contributed by atoms with E-state index in [1.54, 1.807) is 0 Å². The molecule has 1 aromatic rings. The lowest BCUT2D eigenvalue weighted by atomic mass is 10.1. The lowest BCUT2D eigenvalue weighted by Gasteiger charge is -2.14. The van der Waals surface area contributed by atoms with Crippen molar-refractivity contribution in [1.29, 1.82) is 0 Å². The molecule has 0 aromatic heterocycles. The van der Waals surface area contributed by atoms with Crippen LogP contribution in [0.25, 0.3) is 0 Å². The Bertz CT molecular complexity index is 398. The van der Waals surface area contributed by atoms with Gasteiger partial charge in [0, 0.05) is 6.42 Å². The van der Waals surface area contributed by atoms with E-state index in [1.165, 1.54) is 0 Å². The minimum Gasteiger partial charge on any atom is -0.494 e. The molecular formula is C15H23NO3. The summed E-state index contributed by atoms with van der Waals surface area (Å²) in [7, 11) is 0. The summed E-state index contributed by atoms with van der Waals surface area (Å²) in [4.78, 5) is 11.0. The van der Waals surface area contributed by atoms with E-state index >= 15 is 0 Å². The third kappa shape index (κ3) is 5.75. The Labute approximate surface area is 114 Å². The highest BCUT2D eigenvalue weighted by molar-refractivity contribution is 5.73. The van der Waals surface area contributed by atoms with Crippen molar-refractivity contribution in [2.45, 2.75) is 39.7 Å². The summed E-state index contributed by atoms with van der Waals surface area (Å²) >= 11 is 0. The number of carboxylic acids is 1. The van der Waals surface area contributed by atoms with Crippen LogP contribution in [0.15, 0.2) is 18.2 Å². The van der Waals surface area contributed by atoms with E-state index in [0.29, 0.717) is 19.6 Å². The maximum Gasteiger partial charge on any atom is 0.320 e. The molecule has 1 rings (SSSR count). The normalized spacial score (nSPS) is 12.2. The fraction of sp³-hybridized carbons (Fsp3) is 0.533. The molecule has 0 aliphatic carbocycles. The first kappa shape index (κ1) is 15.5. The van der Waals surface area contributed by atoms with Gasteiger partial charge in [0.1, 0.15) is 11.8 Å². The van der Waals surface area contributed by atoms with Crippen molar-refractivity contribution < 1.29 is 14.6 Å². The Balaban J connectivity index is 2.44. The zero-order chi connectivity index (χ0) is 14.3. The van der Waals surface area contributed by atoms with Crippen molar-refractivity contribution in [3.8, 4) is 5.75 Å². The lowest BCUT2D eigenvalue weighted by molar-refractivity contribution is -0.139. The molecule has 0 fully saturated rings. The maximum atomic E-state index is 11.0. The quantitative estimate of drug-likeness (QED) is 0.758. The molecule has 4 heteroatoms. The van der Waals surface area contributed by atoms with Crippen LogP contribution < -0.4 is 10.1 Å². The summed E-state index contributed by atoms with van der Waals surface area (Å²) in [5.74, 6) is -0.0189. The smallest absolute Gasteiger partial charge is 0.320 e. The molecular weight excluding hydrogens is 242 g/mol. The number of benzene rings is 1. The summed E-state index contributed by atoms with van der Waals surface area (Å²) < 4.78 is 5.62. The van der Waals surface area contributed by atoms with Crippen LogP contribution >= 0.6 is 0 Å². The van der Waals surface area contributed by atoms with Crippen molar-refractivity contribution in [3.63, 3.8) is 0 Å². The predicted octanol–water partition coefficient (Wildman–Crippen LogP) is 2.53. The van der Waals surface area contributed by atoms with E-state index in [-0.39, 0.29) is 0 Å². The van der Waals surface area contributed by atoms with E-state index in [0.717, 1.165) is 23.3 Å². The van der Waals surface area contributed by atoms with Gasteiger partial charge in [0.2, 0.25) is 0 Å². The van der Waals surface area contributed by atoms with E-state index in [4.69, 9.17) is 9.84 Å². The van der Waals surface area contributed by atoms with Gasteiger partial charge in [-0.05, 0) is 50.1 Å². The number of nitrogens with one attached hydrogen (secondary N) is 1. The maximum absolute atomic E-state index is 11.0. The number of carboxylic acid groups (broad SMARTS) is 1. The van der Waals surface area contributed by atoms with Crippen molar-refractivity contribution in [3.05, 3.63) is 29.3 Å². The average Bonchev–Trinajstić information content (AvgIpc) is 2.31. The standard InChI is InChI=1S/C15H23NO3/c1-4-6-16-14(15(17)18)5-7-19-13-9-11(2)8-12(3)10-13/h8-10,14,16H,4-7H2,1-3H3,(H,17,18). The molecule has 0 radical (unpaired) electrons. The molecule has 0 bridgehead atoms. The first-order valence-electron chi connectivity index (χ1n) is 6.70. The zero-order valence-corrected chi connectivity index (χ0v) is 11.9. The van der Waals surface area contributed by atoms with Gasteiger partial charge in [-0.2, -0.15) is 0 Å². The SMILES string of the molecule is CCCNC(CCOc1cc(C)cc(C)c1)C(=O)O. The highest BCUT2D eigenvalue weighted by Crippen LogP contribution is 2.16. The molecule has 1 aromatic carbocycles. The number of rotatable bonds is 8. The second-order valence-electron chi connectivity index (χ2n) is 4.81. The van der Waals surface area contributed by atoms with E-state index < -0.39 is 12.0 Å². The van der Waals surface area contributed by atoms with Crippen LogP contribution in [0.4, 0.5) is 0 Å². The van der Waals surface area contributed by atoms with Crippen LogP contribution in [0.2, 0.25) is 0 Å². The fourth-order valence-corrected chi connectivity index (χ4v) is 1.94. The zero-order valence-electron chi connectivity index (χ0n) is 11.9.